The molecule has 25 heavy (non-hydrogen) atoms. The zero-order valence-electron chi connectivity index (χ0n) is 14.0. The molecule has 0 bridgehead atoms. The van der Waals surface area contributed by atoms with E-state index >= 15 is 0 Å². The van der Waals surface area contributed by atoms with Crippen LogP contribution in [0.25, 0.3) is 22.0 Å². The lowest BCUT2D eigenvalue weighted by Gasteiger charge is -2.23. The molecule has 1 aromatic carbocycles. The Morgan fingerprint density at radius 2 is 2.16 bits per heavy atom. The number of aryl methyl sites for hydroxylation is 1. The highest BCUT2D eigenvalue weighted by Crippen LogP contribution is 2.26. The van der Waals surface area contributed by atoms with Gasteiger partial charge in [0.2, 0.25) is 11.9 Å². The summed E-state index contributed by atoms with van der Waals surface area (Å²) in [6.45, 7) is 2.69. The molecular weight excluding hydrogens is 314 g/mol. The van der Waals surface area contributed by atoms with Gasteiger partial charge in [-0.05, 0) is 42.7 Å². The predicted octanol–water partition coefficient (Wildman–Crippen LogP) is 2.69. The van der Waals surface area contributed by atoms with Gasteiger partial charge < -0.3 is 10.6 Å². The number of aromatic nitrogens is 3. The Labute approximate surface area is 145 Å². The third kappa shape index (κ3) is 3.28. The predicted molar refractivity (Wildman–Crippen MR) is 97.2 cm³/mol. The molecule has 2 N–H and O–H groups in total. The van der Waals surface area contributed by atoms with Crippen LogP contribution in [0.5, 0.6) is 0 Å². The first-order chi connectivity index (χ1) is 12.2. The Bertz CT molecular complexity index is 930. The fraction of sp³-hybridized carbons (Fsp3) is 0.263. The molecule has 3 heterocycles. The average Bonchev–Trinajstić information content (AvgIpc) is 2.64. The minimum absolute atomic E-state index is 0.107. The van der Waals surface area contributed by atoms with E-state index in [2.05, 4.69) is 44.6 Å². The van der Waals surface area contributed by atoms with Crippen LogP contribution < -0.4 is 10.6 Å². The number of amides is 1. The highest BCUT2D eigenvalue weighted by atomic mass is 16.1. The summed E-state index contributed by atoms with van der Waals surface area (Å²) < 4.78 is 0. The topological polar surface area (TPSA) is 79.8 Å². The molecule has 1 aliphatic rings. The molecule has 0 spiro atoms. The maximum Gasteiger partial charge on any atom is 0.223 e. The van der Waals surface area contributed by atoms with Crippen molar-refractivity contribution in [3.05, 3.63) is 48.4 Å². The van der Waals surface area contributed by atoms with Gasteiger partial charge >= 0.3 is 0 Å². The number of hydrogen-bond donors (Lipinski definition) is 2. The second kappa shape index (κ2) is 6.47. The van der Waals surface area contributed by atoms with E-state index in [0.29, 0.717) is 18.9 Å². The van der Waals surface area contributed by atoms with Gasteiger partial charge in [-0.2, -0.15) is 0 Å². The summed E-state index contributed by atoms with van der Waals surface area (Å²) in [6, 6.07) is 8.33. The molecule has 1 saturated heterocycles. The fourth-order valence-corrected chi connectivity index (χ4v) is 3.08. The summed E-state index contributed by atoms with van der Waals surface area (Å²) in [6.07, 6.45) is 6.85. The third-order valence-corrected chi connectivity index (χ3v) is 4.53. The van der Waals surface area contributed by atoms with E-state index in [9.17, 15) is 4.79 Å². The van der Waals surface area contributed by atoms with Crippen LogP contribution in [0.2, 0.25) is 0 Å². The number of nitrogens with one attached hydrogen (secondary N) is 2. The van der Waals surface area contributed by atoms with E-state index in [-0.39, 0.29) is 11.9 Å². The fourth-order valence-electron chi connectivity index (χ4n) is 3.08. The molecule has 0 radical (unpaired) electrons. The molecule has 4 rings (SSSR count). The Morgan fingerprint density at radius 3 is 2.96 bits per heavy atom. The maximum atomic E-state index is 11.2. The zero-order valence-corrected chi connectivity index (χ0v) is 14.0. The number of carbonyl (C=O) groups excluding carboxylic acids is 1. The van der Waals surface area contributed by atoms with E-state index in [1.807, 2.05) is 24.5 Å². The number of pyridine rings is 1. The van der Waals surface area contributed by atoms with E-state index in [0.717, 1.165) is 28.5 Å². The van der Waals surface area contributed by atoms with Crippen LogP contribution in [-0.2, 0) is 4.79 Å². The van der Waals surface area contributed by atoms with Crippen molar-refractivity contribution >= 4 is 22.8 Å². The van der Waals surface area contributed by atoms with E-state index in [4.69, 9.17) is 0 Å². The van der Waals surface area contributed by atoms with Gasteiger partial charge in [0.15, 0.2) is 0 Å². The minimum Gasteiger partial charge on any atom is -0.354 e. The van der Waals surface area contributed by atoms with Crippen molar-refractivity contribution in [1.29, 1.82) is 0 Å². The van der Waals surface area contributed by atoms with Crippen molar-refractivity contribution in [3.63, 3.8) is 0 Å². The largest absolute Gasteiger partial charge is 0.354 e. The Hall–Kier alpha value is -3.02. The summed E-state index contributed by atoms with van der Waals surface area (Å²) in [7, 11) is 0. The SMILES string of the molecule is Cc1ccncc1-c1ccc2nc(N[C@H]3CCC(=O)NC3)ncc2c1. The first kappa shape index (κ1) is 15.5. The first-order valence-corrected chi connectivity index (χ1v) is 8.40. The molecule has 1 atom stereocenters. The zero-order chi connectivity index (χ0) is 17.2. The first-order valence-electron chi connectivity index (χ1n) is 8.40. The quantitative estimate of drug-likeness (QED) is 0.770. The number of benzene rings is 1. The lowest BCUT2D eigenvalue weighted by Crippen LogP contribution is -2.42. The number of anilines is 1. The standard InChI is InChI=1S/C19H19N5O/c1-12-6-7-20-11-16(12)13-2-4-17-14(8-13)9-22-19(24-17)23-15-3-5-18(25)21-10-15/h2,4,6-9,11,15H,3,5,10H2,1H3,(H,21,25)(H,22,23,24)/t15-/m0/s1. The monoisotopic (exact) mass is 333 g/mol. The van der Waals surface area contributed by atoms with Crippen LogP contribution in [-0.4, -0.2) is 33.4 Å². The molecule has 6 heteroatoms. The van der Waals surface area contributed by atoms with Crippen LogP contribution in [0.1, 0.15) is 18.4 Å². The molecule has 0 saturated carbocycles. The number of hydrogen-bond acceptors (Lipinski definition) is 5. The van der Waals surface area contributed by atoms with Gasteiger partial charge in [0, 0.05) is 48.5 Å². The van der Waals surface area contributed by atoms with Gasteiger partial charge in [0.1, 0.15) is 0 Å². The van der Waals surface area contributed by atoms with Gasteiger partial charge in [-0.15, -0.1) is 0 Å². The van der Waals surface area contributed by atoms with Crippen molar-refractivity contribution in [1.82, 2.24) is 20.3 Å². The van der Waals surface area contributed by atoms with Crippen LogP contribution in [0.3, 0.4) is 0 Å². The molecule has 1 fully saturated rings. The molecular formula is C19H19N5O. The molecule has 0 aliphatic carbocycles. The Kier molecular flexibility index (Phi) is 4.01. The number of carbonyl (C=O) groups is 1. The molecule has 6 nitrogen and oxygen atoms in total. The summed E-state index contributed by atoms with van der Waals surface area (Å²) >= 11 is 0. The van der Waals surface area contributed by atoms with Crippen molar-refractivity contribution in [2.24, 2.45) is 0 Å². The normalized spacial score (nSPS) is 17.3. The summed E-state index contributed by atoms with van der Waals surface area (Å²) in [5, 5.41) is 7.15. The van der Waals surface area contributed by atoms with Crippen molar-refractivity contribution in [3.8, 4) is 11.1 Å². The third-order valence-electron chi connectivity index (χ3n) is 4.53. The highest BCUT2D eigenvalue weighted by Gasteiger charge is 2.18. The smallest absolute Gasteiger partial charge is 0.223 e. The number of fused-ring (bicyclic) bond motifs is 1. The summed E-state index contributed by atoms with van der Waals surface area (Å²) in [4.78, 5) is 24.5. The molecule has 2 aromatic heterocycles. The van der Waals surface area contributed by atoms with Crippen molar-refractivity contribution in [2.75, 3.05) is 11.9 Å². The average molecular weight is 333 g/mol. The molecule has 126 valence electrons. The van der Waals surface area contributed by atoms with Crippen LogP contribution >= 0.6 is 0 Å². The van der Waals surface area contributed by atoms with Gasteiger partial charge in [-0.1, -0.05) is 6.07 Å². The van der Waals surface area contributed by atoms with Crippen LogP contribution in [0.15, 0.2) is 42.9 Å². The van der Waals surface area contributed by atoms with E-state index in [1.165, 1.54) is 5.56 Å². The van der Waals surface area contributed by atoms with E-state index in [1.54, 1.807) is 6.20 Å². The molecule has 0 unspecified atom stereocenters. The number of rotatable bonds is 3. The van der Waals surface area contributed by atoms with Gasteiger partial charge in [-0.3, -0.25) is 9.78 Å². The Morgan fingerprint density at radius 1 is 1.24 bits per heavy atom. The van der Waals surface area contributed by atoms with Gasteiger partial charge in [-0.25, -0.2) is 9.97 Å². The van der Waals surface area contributed by atoms with Crippen molar-refractivity contribution < 1.29 is 4.79 Å². The van der Waals surface area contributed by atoms with Crippen molar-refractivity contribution in [2.45, 2.75) is 25.8 Å². The van der Waals surface area contributed by atoms with E-state index < -0.39 is 0 Å². The van der Waals surface area contributed by atoms with Crippen LogP contribution in [0.4, 0.5) is 5.95 Å². The lowest BCUT2D eigenvalue weighted by atomic mass is 10.0. The number of nitrogens with zero attached hydrogens (tertiary/aromatic N) is 3. The van der Waals surface area contributed by atoms with Gasteiger partial charge in [0.25, 0.3) is 0 Å². The number of piperidine rings is 1. The molecule has 1 amide bonds. The molecule has 1 aliphatic heterocycles. The van der Waals surface area contributed by atoms with Crippen LogP contribution in [0, 0.1) is 6.92 Å². The maximum absolute atomic E-state index is 11.2. The molecule has 3 aromatic rings. The highest BCUT2D eigenvalue weighted by molar-refractivity contribution is 5.85. The Balaban J connectivity index is 1.59. The summed E-state index contributed by atoms with van der Waals surface area (Å²) in [5.41, 5.74) is 4.30. The van der Waals surface area contributed by atoms with Gasteiger partial charge in [0.05, 0.1) is 5.52 Å². The second-order valence-corrected chi connectivity index (χ2v) is 6.34. The summed E-state index contributed by atoms with van der Waals surface area (Å²) in [5.74, 6) is 0.703. The minimum atomic E-state index is 0.107. The lowest BCUT2D eigenvalue weighted by molar-refractivity contribution is -0.122. The second-order valence-electron chi connectivity index (χ2n) is 6.34.